The maximum absolute atomic E-state index is 13.1. The minimum absolute atomic E-state index is 0.0134. The number of hydrogen-bond acceptors (Lipinski definition) is 15. The molecule has 0 aliphatic carbocycles. The van der Waals surface area contributed by atoms with Crippen molar-refractivity contribution in [2.24, 2.45) is 0 Å². The molecule has 0 aromatic carbocycles. The van der Waals surface area contributed by atoms with E-state index in [0.29, 0.717) is 44.9 Å². The molecule has 0 aromatic heterocycles. The van der Waals surface area contributed by atoms with Gasteiger partial charge in [-0.2, -0.15) is 0 Å². The number of carbonyl (C=O) groups is 4. The van der Waals surface area contributed by atoms with Crippen molar-refractivity contribution in [3.63, 3.8) is 0 Å². The number of hydrogen-bond donors (Lipinski definition) is 3. The maximum Gasteiger partial charge on any atom is 0.472 e. The fourth-order valence-electron chi connectivity index (χ4n) is 10.5. The Morgan fingerprint density at radius 1 is 0.250 bits per heavy atom. The molecule has 3 N–H and O–H groups in total. The standard InChI is InChI=1S/C93H150O17P2/c1-5-9-13-17-21-25-29-33-37-40-43-46-50-53-57-61-65-69-73-77-90(95)103-83-88(109-92(97)79-75-71-67-63-59-55-49-36-32-28-24-20-16-12-8-4)85-107-111(99,100)105-81-87(94)82-106-112(101,102)108-86-89(110-93(98)80-76-72-68-64-60-56-52-48-45-42-39-35-31-27-23-19-15-11-7-3)84-104-91(96)78-74-70-66-62-58-54-51-47-44-41-38-34-30-26-22-18-14-10-6-2/h21-23,25-27,33-39,43-49,53-54,56-58,60,65-66,68-70,72,87-89,94H,5-20,24,28-32,40-42,50-52,55,59,61-64,67,71,73-86H2,1-4H3,(H,99,100)(H,101,102)/b25-21-,26-22-,27-23-,37-33-,38-34-,39-35-,46-43-,47-44-,48-45-,49-36-,57-53-,58-54-,60-56-,69-65-,70-66-,72-68-/t87-,88+,89+/m0/s1. The van der Waals surface area contributed by atoms with Gasteiger partial charge in [0.1, 0.15) is 19.3 Å². The fraction of sp³-hybridized carbons (Fsp3) is 0.613. The molecule has 19 heteroatoms. The van der Waals surface area contributed by atoms with Crippen LogP contribution in [0.3, 0.4) is 0 Å². The number of unbranched alkanes of at least 4 members (excludes halogenated alkanes) is 20. The smallest absolute Gasteiger partial charge is 0.462 e. The SMILES string of the molecule is CCCCC/C=C\C/C=C\C/C=C\C/C=C\C/C=C\CCC(=O)OC[C@H](COP(=O)(O)OC[C@@H](O)COP(=O)(O)OC[C@@H](COC(=O)CC/C=C\C/C=C\C/C=C\C/C=C\C/C=C\CCCCC)OC(=O)CCCCCCC/C=C\CCCCCCCC)OC(=O)CC/C=C\C/C=C\C/C=C\C/C=C\C/C=C\CCCCC. The van der Waals surface area contributed by atoms with Crippen molar-refractivity contribution in [2.75, 3.05) is 39.6 Å². The summed E-state index contributed by atoms with van der Waals surface area (Å²) in [5.74, 6) is -2.49. The van der Waals surface area contributed by atoms with E-state index in [-0.39, 0.29) is 25.7 Å². The van der Waals surface area contributed by atoms with Gasteiger partial charge in [-0.05, 0) is 167 Å². The summed E-state index contributed by atoms with van der Waals surface area (Å²) in [4.78, 5) is 73.1. The van der Waals surface area contributed by atoms with Gasteiger partial charge in [-0.15, -0.1) is 0 Å². The van der Waals surface area contributed by atoms with Gasteiger partial charge in [0.15, 0.2) is 12.2 Å². The Bertz CT molecular complexity index is 2890. The molecule has 0 aliphatic heterocycles. The van der Waals surface area contributed by atoms with Crippen LogP contribution in [0.1, 0.15) is 310 Å². The van der Waals surface area contributed by atoms with E-state index >= 15 is 0 Å². The van der Waals surface area contributed by atoms with Crippen LogP contribution in [0.25, 0.3) is 0 Å². The highest BCUT2D eigenvalue weighted by molar-refractivity contribution is 7.47. The number of allylic oxidation sites excluding steroid dienone is 32. The van der Waals surface area contributed by atoms with Crippen LogP contribution in [0.15, 0.2) is 194 Å². The van der Waals surface area contributed by atoms with E-state index in [1.54, 1.807) is 0 Å². The van der Waals surface area contributed by atoms with Crippen LogP contribution < -0.4 is 0 Å². The molecule has 2 unspecified atom stereocenters. The van der Waals surface area contributed by atoms with Gasteiger partial charge in [0.05, 0.1) is 26.4 Å². The fourth-order valence-corrected chi connectivity index (χ4v) is 12.1. The zero-order valence-corrected chi connectivity index (χ0v) is 71.3. The van der Waals surface area contributed by atoms with Gasteiger partial charge in [0.2, 0.25) is 0 Å². The summed E-state index contributed by atoms with van der Waals surface area (Å²) in [6, 6.07) is 0. The van der Waals surface area contributed by atoms with Crippen LogP contribution in [0.2, 0.25) is 0 Å². The number of ether oxygens (including phenoxy) is 4. The summed E-state index contributed by atoms with van der Waals surface area (Å²) < 4.78 is 68.5. The number of aliphatic hydroxyl groups excluding tert-OH is 1. The first-order valence-corrected chi connectivity index (χ1v) is 45.7. The maximum atomic E-state index is 13.1. The molecule has 0 bridgehead atoms. The predicted octanol–water partition coefficient (Wildman–Crippen LogP) is 25.7. The molecular formula is C93H150O17P2. The van der Waals surface area contributed by atoms with E-state index < -0.39 is 97.5 Å². The number of phosphoric ester groups is 2. The molecule has 5 atom stereocenters. The first-order valence-electron chi connectivity index (χ1n) is 42.7. The second-order valence-electron chi connectivity index (χ2n) is 27.7. The normalized spacial score (nSPS) is 14.7. The van der Waals surface area contributed by atoms with E-state index in [2.05, 4.69) is 167 Å². The Morgan fingerprint density at radius 2 is 0.455 bits per heavy atom. The highest BCUT2D eigenvalue weighted by Crippen LogP contribution is 2.45. The molecule has 0 heterocycles. The third-order valence-electron chi connectivity index (χ3n) is 17.0. The molecule has 0 radical (unpaired) electrons. The minimum Gasteiger partial charge on any atom is -0.462 e. The zero-order chi connectivity index (χ0) is 81.7. The number of esters is 4. The van der Waals surface area contributed by atoms with Crippen molar-refractivity contribution < 1.29 is 80.2 Å². The lowest BCUT2D eigenvalue weighted by atomic mass is 10.1. The molecule has 112 heavy (non-hydrogen) atoms. The largest absolute Gasteiger partial charge is 0.472 e. The Labute approximate surface area is 678 Å². The molecule has 0 aromatic rings. The van der Waals surface area contributed by atoms with Crippen LogP contribution >= 0.6 is 15.6 Å². The molecule has 634 valence electrons. The van der Waals surface area contributed by atoms with Gasteiger partial charge in [-0.3, -0.25) is 37.3 Å². The molecule has 0 fully saturated rings. The molecule has 0 spiro atoms. The van der Waals surface area contributed by atoms with Crippen LogP contribution in [0, 0.1) is 0 Å². The van der Waals surface area contributed by atoms with Crippen molar-refractivity contribution in [1.29, 1.82) is 0 Å². The van der Waals surface area contributed by atoms with E-state index in [1.165, 1.54) is 96.3 Å². The summed E-state index contributed by atoms with van der Waals surface area (Å²) in [5, 5.41) is 10.7. The highest BCUT2D eigenvalue weighted by Gasteiger charge is 2.30. The predicted molar refractivity (Wildman–Crippen MR) is 463 cm³/mol. The lowest BCUT2D eigenvalue weighted by Crippen LogP contribution is -2.30. The van der Waals surface area contributed by atoms with Gasteiger partial charge in [-0.25, -0.2) is 9.13 Å². The monoisotopic (exact) mass is 1600 g/mol. The Balaban J connectivity index is 5.60. The lowest BCUT2D eigenvalue weighted by Gasteiger charge is -2.21. The van der Waals surface area contributed by atoms with Crippen molar-refractivity contribution in [2.45, 2.75) is 329 Å². The summed E-state index contributed by atoms with van der Waals surface area (Å²) in [6.45, 7) is 4.51. The third-order valence-corrected chi connectivity index (χ3v) is 18.9. The van der Waals surface area contributed by atoms with Crippen LogP contribution in [-0.4, -0.2) is 96.7 Å². The van der Waals surface area contributed by atoms with Gasteiger partial charge in [-0.1, -0.05) is 312 Å². The number of rotatable bonds is 78. The summed E-state index contributed by atoms with van der Waals surface area (Å²) >= 11 is 0. The first kappa shape index (κ1) is 106. The van der Waals surface area contributed by atoms with Crippen molar-refractivity contribution >= 4 is 39.5 Å². The number of aliphatic hydroxyl groups is 1. The molecule has 0 saturated heterocycles. The lowest BCUT2D eigenvalue weighted by molar-refractivity contribution is -0.161. The van der Waals surface area contributed by atoms with Crippen LogP contribution in [0.4, 0.5) is 0 Å². The quantitative estimate of drug-likeness (QED) is 0.0169. The van der Waals surface area contributed by atoms with E-state index in [0.717, 1.165) is 116 Å². The van der Waals surface area contributed by atoms with E-state index in [9.17, 15) is 43.2 Å². The Morgan fingerprint density at radius 3 is 0.750 bits per heavy atom. The second kappa shape index (κ2) is 82.9. The van der Waals surface area contributed by atoms with Crippen molar-refractivity contribution in [3.8, 4) is 0 Å². The topological polar surface area (TPSA) is 237 Å². The zero-order valence-electron chi connectivity index (χ0n) is 69.5. The van der Waals surface area contributed by atoms with Crippen LogP contribution in [0.5, 0.6) is 0 Å². The summed E-state index contributed by atoms with van der Waals surface area (Å²) in [7, 11) is -10.1. The van der Waals surface area contributed by atoms with Gasteiger partial charge in [0.25, 0.3) is 0 Å². The Hall–Kier alpha value is -6.10. The molecule has 0 saturated carbocycles. The van der Waals surface area contributed by atoms with Gasteiger partial charge >= 0.3 is 39.5 Å². The average molecular weight is 1600 g/mol. The molecule has 0 amide bonds. The molecule has 17 nitrogen and oxygen atoms in total. The van der Waals surface area contributed by atoms with Gasteiger partial charge in [0, 0.05) is 25.7 Å². The third kappa shape index (κ3) is 81.9. The highest BCUT2D eigenvalue weighted by atomic mass is 31.2. The summed E-state index contributed by atoms with van der Waals surface area (Å²) in [6.07, 6.45) is 103. The second-order valence-corrected chi connectivity index (χ2v) is 30.6. The van der Waals surface area contributed by atoms with Crippen LogP contribution in [-0.2, 0) is 65.4 Å². The van der Waals surface area contributed by atoms with Crippen molar-refractivity contribution in [3.05, 3.63) is 194 Å². The Kier molecular flexibility index (Phi) is 78.4. The minimum atomic E-state index is -5.03. The number of carbonyl (C=O) groups excluding carboxylic acids is 4. The molecule has 0 rings (SSSR count). The summed E-state index contributed by atoms with van der Waals surface area (Å²) in [5.41, 5.74) is 0. The average Bonchev–Trinajstić information content (AvgIpc) is 0.898. The van der Waals surface area contributed by atoms with Crippen molar-refractivity contribution in [1.82, 2.24) is 0 Å². The number of phosphoric acid groups is 2. The van der Waals surface area contributed by atoms with E-state index in [1.807, 2.05) is 54.7 Å². The van der Waals surface area contributed by atoms with Gasteiger partial charge < -0.3 is 33.8 Å². The molecular weight excluding hydrogens is 1450 g/mol. The molecule has 0 aliphatic rings. The van der Waals surface area contributed by atoms with E-state index in [4.69, 9.17) is 37.0 Å². The first-order chi connectivity index (χ1) is 54.7.